The van der Waals surface area contributed by atoms with E-state index in [0.29, 0.717) is 0 Å². The van der Waals surface area contributed by atoms with Crippen LogP contribution in [0.2, 0.25) is 0 Å². The van der Waals surface area contributed by atoms with Gasteiger partial charge in [-0.3, -0.25) is 0 Å². The summed E-state index contributed by atoms with van der Waals surface area (Å²) < 4.78 is 0. The van der Waals surface area contributed by atoms with Gasteiger partial charge in [0.25, 0.3) is 0 Å². The zero-order valence-electron chi connectivity index (χ0n) is 43.5. The van der Waals surface area contributed by atoms with Gasteiger partial charge in [0, 0.05) is 23.9 Å². The minimum absolute atomic E-state index is 0. The van der Waals surface area contributed by atoms with E-state index in [1.807, 2.05) is 0 Å². The summed E-state index contributed by atoms with van der Waals surface area (Å²) in [6.45, 7) is 8.97. The van der Waals surface area contributed by atoms with Crippen molar-refractivity contribution in [2.75, 3.05) is 0 Å². The predicted octanol–water partition coefficient (Wildman–Crippen LogP) is 13.7. The van der Waals surface area contributed by atoms with E-state index in [1.54, 1.807) is 0 Å². The monoisotopic (exact) mass is 1100 g/mol. The second-order valence-corrected chi connectivity index (χ2v) is 18.6. The molecule has 0 bridgehead atoms. The smallest absolute Gasteiger partial charge is 0.550 e. The van der Waals surface area contributed by atoms with Crippen LogP contribution in [-0.2, 0) is 39.3 Å². The van der Waals surface area contributed by atoms with Gasteiger partial charge in [-0.05, 0) is 51.4 Å². The Kier molecular flexibility index (Phi) is 77.1. The first kappa shape index (κ1) is 72.5. The normalized spacial score (nSPS) is 10.4. The summed E-state index contributed by atoms with van der Waals surface area (Å²) in [6.07, 6.45) is 56.1. The summed E-state index contributed by atoms with van der Waals surface area (Å²) in [6, 6.07) is 0. The Bertz CT molecular complexity index is 771. The van der Waals surface area contributed by atoms with Crippen molar-refractivity contribution in [3.05, 3.63) is 0 Å². The van der Waals surface area contributed by atoms with Crippen molar-refractivity contribution in [1.29, 1.82) is 0 Å². The maximum Gasteiger partial charge on any atom is 4.00 e. The number of hydrogen-bond donors (Lipinski definition) is 0. The van der Waals surface area contributed by atoms with Crippen LogP contribution in [0.3, 0.4) is 0 Å². The third-order valence-electron chi connectivity index (χ3n) is 11.9. The van der Waals surface area contributed by atoms with Crippen LogP contribution in [0.4, 0.5) is 0 Å². The summed E-state index contributed by atoms with van der Waals surface area (Å²) in [5.74, 6) is -3.63. The van der Waals surface area contributed by atoms with Crippen molar-refractivity contribution in [2.45, 2.75) is 336 Å². The fourth-order valence-corrected chi connectivity index (χ4v) is 7.73. The van der Waals surface area contributed by atoms with Crippen molar-refractivity contribution in [1.82, 2.24) is 0 Å². The molecule has 0 N–H and O–H groups in total. The van der Waals surface area contributed by atoms with Crippen molar-refractivity contribution < 1.29 is 59.7 Å². The molecule has 0 atom stereocenters. The standard InChI is InChI=1S/4C14H28O2.Ir/c4*1-2-3-4-5-6-7-8-9-10-11-12-13-14(15)16;/h4*2-13H2,1H3,(H,15,16);/q;;;;+4/p-4. The maximum atomic E-state index is 10.1. The Morgan fingerprint density at radius 2 is 0.292 bits per heavy atom. The average molecular weight is 1100 g/mol. The van der Waals surface area contributed by atoms with Gasteiger partial charge in [-0.15, -0.1) is 0 Å². The fourth-order valence-electron chi connectivity index (χ4n) is 7.73. The number of carboxylic acids is 4. The molecule has 389 valence electrons. The molecule has 0 aliphatic rings. The van der Waals surface area contributed by atoms with E-state index < -0.39 is 23.9 Å². The van der Waals surface area contributed by atoms with Gasteiger partial charge in [0.1, 0.15) is 0 Å². The Morgan fingerprint density at radius 3 is 0.385 bits per heavy atom. The Labute approximate surface area is 417 Å². The van der Waals surface area contributed by atoms with Crippen LogP contribution in [-0.4, -0.2) is 23.9 Å². The number of carbonyl (C=O) groups excluding carboxylic acids is 4. The second-order valence-electron chi connectivity index (χ2n) is 18.6. The van der Waals surface area contributed by atoms with Crippen molar-refractivity contribution in [3.8, 4) is 0 Å². The van der Waals surface area contributed by atoms with E-state index in [2.05, 4.69) is 27.7 Å². The number of carbonyl (C=O) groups is 4. The minimum Gasteiger partial charge on any atom is -0.550 e. The van der Waals surface area contributed by atoms with Gasteiger partial charge in [0.2, 0.25) is 0 Å². The van der Waals surface area contributed by atoms with Crippen LogP contribution >= 0.6 is 0 Å². The molecule has 0 unspecified atom stereocenters. The number of carboxylic acid groups (broad SMARTS) is 4. The van der Waals surface area contributed by atoms with Gasteiger partial charge in [-0.1, -0.05) is 285 Å². The van der Waals surface area contributed by atoms with Crippen molar-refractivity contribution in [3.63, 3.8) is 0 Å². The molecular weight excluding hydrogens is 993 g/mol. The van der Waals surface area contributed by atoms with E-state index >= 15 is 0 Å². The molecule has 0 aromatic carbocycles. The Hall–Kier alpha value is -1.47. The molecule has 0 rings (SSSR count). The molecule has 0 aromatic rings. The van der Waals surface area contributed by atoms with Crippen LogP contribution in [0.1, 0.15) is 336 Å². The average Bonchev–Trinajstić information content (AvgIpc) is 3.26. The molecule has 65 heavy (non-hydrogen) atoms. The third-order valence-corrected chi connectivity index (χ3v) is 11.9. The molecular formula is C56H108IrO8. The van der Waals surface area contributed by atoms with Crippen LogP contribution in [0.5, 0.6) is 0 Å². The molecule has 0 amide bonds. The summed E-state index contributed by atoms with van der Waals surface area (Å²) in [4.78, 5) is 40.6. The first-order chi connectivity index (χ1) is 31.1. The molecule has 0 spiro atoms. The van der Waals surface area contributed by atoms with Gasteiger partial charge in [-0.25, -0.2) is 0 Å². The first-order valence-corrected chi connectivity index (χ1v) is 27.9. The SMILES string of the molecule is CCCCCCCCCCCCCC(=O)[O-].CCCCCCCCCCCCCC(=O)[O-].CCCCCCCCCCCCCC(=O)[O-].CCCCCCCCCCCCCC(=O)[O-].[Ir+4]. The van der Waals surface area contributed by atoms with E-state index in [0.717, 1.165) is 51.4 Å². The zero-order chi connectivity index (χ0) is 48.3. The minimum atomic E-state index is -0.907. The van der Waals surface area contributed by atoms with E-state index in [-0.39, 0.29) is 45.8 Å². The number of rotatable bonds is 48. The largest absolute Gasteiger partial charge is 4.00 e. The van der Waals surface area contributed by atoms with Gasteiger partial charge in [0.05, 0.1) is 0 Å². The number of unbranched alkanes of at least 4 members (excludes halogenated alkanes) is 40. The summed E-state index contributed by atoms with van der Waals surface area (Å²) in [5.41, 5.74) is 0. The van der Waals surface area contributed by atoms with Crippen LogP contribution in [0, 0.1) is 0 Å². The summed E-state index contributed by atoms with van der Waals surface area (Å²) in [5, 5.41) is 40.6. The van der Waals surface area contributed by atoms with Gasteiger partial charge >= 0.3 is 20.1 Å². The molecule has 0 fully saturated rings. The molecule has 0 aromatic heterocycles. The summed E-state index contributed by atoms with van der Waals surface area (Å²) in [7, 11) is 0. The number of hydrogen-bond acceptors (Lipinski definition) is 8. The Balaban J connectivity index is -0.000000245. The van der Waals surface area contributed by atoms with Gasteiger partial charge < -0.3 is 39.6 Å². The quantitative estimate of drug-likeness (QED) is 0.0544. The van der Waals surface area contributed by atoms with E-state index in [4.69, 9.17) is 0 Å². The zero-order valence-corrected chi connectivity index (χ0v) is 45.9. The van der Waals surface area contributed by atoms with Gasteiger partial charge in [-0.2, -0.15) is 0 Å². The molecule has 0 aliphatic heterocycles. The summed E-state index contributed by atoms with van der Waals surface area (Å²) >= 11 is 0. The van der Waals surface area contributed by atoms with Crippen molar-refractivity contribution in [2.24, 2.45) is 0 Å². The maximum absolute atomic E-state index is 10.1. The van der Waals surface area contributed by atoms with E-state index in [1.165, 1.54) is 231 Å². The molecule has 1 radical (unpaired) electrons. The predicted molar refractivity (Wildman–Crippen MR) is 264 cm³/mol. The van der Waals surface area contributed by atoms with Crippen LogP contribution in [0.25, 0.3) is 0 Å². The molecule has 0 aliphatic carbocycles. The van der Waals surface area contributed by atoms with Gasteiger partial charge in [0.15, 0.2) is 0 Å². The molecule has 9 heteroatoms. The number of aliphatic carboxylic acids is 4. The molecule has 0 saturated heterocycles. The Morgan fingerprint density at radius 1 is 0.200 bits per heavy atom. The fraction of sp³-hybridized carbons (Fsp3) is 0.929. The molecule has 0 heterocycles. The van der Waals surface area contributed by atoms with Crippen LogP contribution < -0.4 is 20.4 Å². The van der Waals surface area contributed by atoms with Crippen molar-refractivity contribution >= 4 is 23.9 Å². The molecule has 0 saturated carbocycles. The topological polar surface area (TPSA) is 161 Å². The second kappa shape index (κ2) is 69.1. The molecule has 8 nitrogen and oxygen atoms in total. The first-order valence-electron chi connectivity index (χ1n) is 27.9. The third kappa shape index (κ3) is 89.7. The van der Waals surface area contributed by atoms with E-state index in [9.17, 15) is 39.6 Å². The van der Waals surface area contributed by atoms with Crippen LogP contribution in [0.15, 0.2) is 0 Å².